The lowest BCUT2D eigenvalue weighted by atomic mass is 9.99. The molecule has 0 aromatic carbocycles. The highest BCUT2D eigenvalue weighted by Gasteiger charge is 2.36. The molecule has 1 saturated heterocycles. The van der Waals surface area contributed by atoms with E-state index >= 15 is 0 Å². The van der Waals surface area contributed by atoms with Crippen molar-refractivity contribution in [2.45, 2.75) is 6.92 Å². The number of methoxy groups -OCH3 is 1. The minimum atomic E-state index is -0.902. The van der Waals surface area contributed by atoms with E-state index in [1.165, 1.54) is 12.0 Å². The number of hydrogen-bond acceptors (Lipinski definition) is 4. The number of carbonyl (C=O) groups excluding carboxylic acids is 2. The molecule has 0 aliphatic carbocycles. The number of nitrogens with zero attached hydrogens (tertiary/aromatic N) is 1. The molecule has 0 bridgehead atoms. The van der Waals surface area contributed by atoms with Gasteiger partial charge >= 0.3 is 18.0 Å². The van der Waals surface area contributed by atoms with Crippen LogP contribution >= 0.6 is 0 Å². The average molecular weight is 244 g/mol. The largest absolute Gasteiger partial charge is 0.481 e. The van der Waals surface area contributed by atoms with Gasteiger partial charge in [-0.1, -0.05) is 6.92 Å². The third kappa shape index (κ3) is 3.33. The molecule has 96 valence electrons. The Labute approximate surface area is 98.7 Å². The van der Waals surface area contributed by atoms with Crippen LogP contribution in [0.3, 0.4) is 0 Å². The Bertz CT molecular complexity index is 331. The van der Waals surface area contributed by atoms with Crippen molar-refractivity contribution >= 4 is 18.0 Å². The minimum Gasteiger partial charge on any atom is -0.481 e. The standard InChI is InChI=1S/C10H16N2O5/c1-6-4-12(5-7(6)9(14)15)10(16)11-3-8(13)17-2/h6-7H,3-5H2,1-2H3,(H,11,16)(H,14,15)/t6-,7-/m1/s1. The maximum Gasteiger partial charge on any atom is 0.325 e. The van der Waals surface area contributed by atoms with Crippen LogP contribution in [0.25, 0.3) is 0 Å². The van der Waals surface area contributed by atoms with E-state index in [1.54, 1.807) is 6.92 Å². The van der Waals surface area contributed by atoms with Crippen molar-refractivity contribution in [3.8, 4) is 0 Å². The summed E-state index contributed by atoms with van der Waals surface area (Å²) in [7, 11) is 1.23. The number of hydrogen-bond donors (Lipinski definition) is 2. The molecule has 0 radical (unpaired) electrons. The predicted octanol–water partition coefficient (Wildman–Crippen LogP) is -0.478. The van der Waals surface area contributed by atoms with Crippen LogP contribution in [-0.2, 0) is 14.3 Å². The molecule has 7 nitrogen and oxygen atoms in total. The van der Waals surface area contributed by atoms with Crippen LogP contribution in [-0.4, -0.2) is 54.7 Å². The minimum absolute atomic E-state index is 0.0867. The molecule has 1 aliphatic rings. The second-order valence-electron chi connectivity index (χ2n) is 4.06. The van der Waals surface area contributed by atoms with Crippen molar-refractivity contribution in [3.05, 3.63) is 0 Å². The van der Waals surface area contributed by atoms with Gasteiger partial charge in [0.1, 0.15) is 6.54 Å². The number of esters is 1. The predicted molar refractivity (Wildman–Crippen MR) is 57.3 cm³/mol. The number of rotatable bonds is 3. The molecule has 0 aromatic rings. The van der Waals surface area contributed by atoms with Gasteiger partial charge in [-0.3, -0.25) is 9.59 Å². The first-order valence-electron chi connectivity index (χ1n) is 5.28. The van der Waals surface area contributed by atoms with Crippen molar-refractivity contribution in [2.75, 3.05) is 26.7 Å². The SMILES string of the molecule is COC(=O)CNC(=O)N1C[C@@H](C)[C@H](C(=O)O)C1. The van der Waals surface area contributed by atoms with E-state index in [9.17, 15) is 14.4 Å². The molecule has 1 aliphatic heterocycles. The number of carboxylic acids is 1. The third-order valence-electron chi connectivity index (χ3n) is 2.83. The fourth-order valence-corrected chi connectivity index (χ4v) is 1.79. The number of amides is 2. The van der Waals surface area contributed by atoms with E-state index < -0.39 is 23.9 Å². The average Bonchev–Trinajstić information content (AvgIpc) is 2.67. The molecule has 0 aromatic heterocycles. The fraction of sp³-hybridized carbons (Fsp3) is 0.700. The lowest BCUT2D eigenvalue weighted by Crippen LogP contribution is -2.41. The maximum atomic E-state index is 11.6. The van der Waals surface area contributed by atoms with Gasteiger partial charge in [0.2, 0.25) is 0 Å². The first-order chi connectivity index (χ1) is 7.95. The highest BCUT2D eigenvalue weighted by molar-refractivity contribution is 5.82. The lowest BCUT2D eigenvalue weighted by Gasteiger charge is -2.16. The zero-order chi connectivity index (χ0) is 13.0. The summed E-state index contributed by atoms with van der Waals surface area (Å²) in [6.07, 6.45) is 0. The Hall–Kier alpha value is -1.79. The quantitative estimate of drug-likeness (QED) is 0.654. The molecule has 7 heteroatoms. The fourth-order valence-electron chi connectivity index (χ4n) is 1.79. The molecule has 0 spiro atoms. The number of ether oxygens (including phenoxy) is 1. The number of carbonyl (C=O) groups is 3. The zero-order valence-electron chi connectivity index (χ0n) is 9.80. The highest BCUT2D eigenvalue weighted by Crippen LogP contribution is 2.22. The summed E-state index contributed by atoms with van der Waals surface area (Å²) in [6, 6.07) is -0.439. The molecule has 17 heavy (non-hydrogen) atoms. The second kappa shape index (κ2) is 5.51. The summed E-state index contributed by atoms with van der Waals surface area (Å²) < 4.78 is 4.38. The van der Waals surface area contributed by atoms with Gasteiger partial charge in [-0.15, -0.1) is 0 Å². The Morgan fingerprint density at radius 3 is 2.53 bits per heavy atom. The lowest BCUT2D eigenvalue weighted by molar-refractivity contribution is -0.142. The molecular formula is C10H16N2O5. The van der Waals surface area contributed by atoms with Gasteiger partial charge in [-0.05, 0) is 5.92 Å². The number of nitrogens with one attached hydrogen (secondary N) is 1. The van der Waals surface area contributed by atoms with E-state index in [2.05, 4.69) is 10.1 Å². The first kappa shape index (κ1) is 13.3. The van der Waals surface area contributed by atoms with Crippen LogP contribution in [0, 0.1) is 11.8 Å². The van der Waals surface area contributed by atoms with Crippen molar-refractivity contribution in [2.24, 2.45) is 11.8 Å². The smallest absolute Gasteiger partial charge is 0.325 e. The van der Waals surface area contributed by atoms with Gasteiger partial charge < -0.3 is 20.1 Å². The van der Waals surface area contributed by atoms with E-state index in [0.29, 0.717) is 6.54 Å². The number of carboxylic acid groups (broad SMARTS) is 1. The van der Waals surface area contributed by atoms with E-state index in [4.69, 9.17) is 5.11 Å². The van der Waals surface area contributed by atoms with Crippen LogP contribution in [0.2, 0.25) is 0 Å². The summed E-state index contributed by atoms with van der Waals surface area (Å²) in [5.74, 6) is -2.07. The maximum absolute atomic E-state index is 11.6. The molecule has 2 N–H and O–H groups in total. The van der Waals surface area contributed by atoms with Crippen molar-refractivity contribution < 1.29 is 24.2 Å². The third-order valence-corrected chi connectivity index (χ3v) is 2.83. The van der Waals surface area contributed by atoms with Gasteiger partial charge in [0.05, 0.1) is 13.0 Å². The van der Waals surface area contributed by atoms with Gasteiger partial charge in [0, 0.05) is 13.1 Å². The molecule has 2 atom stereocenters. The van der Waals surface area contributed by atoms with Crippen LogP contribution < -0.4 is 5.32 Å². The Balaban J connectivity index is 2.45. The van der Waals surface area contributed by atoms with Gasteiger partial charge in [-0.25, -0.2) is 4.79 Å². The van der Waals surface area contributed by atoms with Crippen molar-refractivity contribution in [1.29, 1.82) is 0 Å². The van der Waals surface area contributed by atoms with Crippen molar-refractivity contribution in [3.63, 3.8) is 0 Å². The topological polar surface area (TPSA) is 95.9 Å². The molecule has 0 saturated carbocycles. The van der Waals surface area contributed by atoms with Crippen molar-refractivity contribution in [1.82, 2.24) is 10.2 Å². The summed E-state index contributed by atoms with van der Waals surface area (Å²) in [4.78, 5) is 34.7. The molecule has 1 heterocycles. The molecule has 1 fully saturated rings. The second-order valence-corrected chi connectivity index (χ2v) is 4.06. The molecule has 1 rings (SSSR count). The van der Waals surface area contributed by atoms with Gasteiger partial charge in [0.25, 0.3) is 0 Å². The number of urea groups is 1. The molecule has 0 unspecified atom stereocenters. The first-order valence-corrected chi connectivity index (χ1v) is 5.28. The number of aliphatic carboxylic acids is 1. The summed E-state index contributed by atoms with van der Waals surface area (Å²) in [6.45, 7) is 2.12. The summed E-state index contributed by atoms with van der Waals surface area (Å²) in [5.41, 5.74) is 0. The Morgan fingerprint density at radius 2 is 2.06 bits per heavy atom. The Morgan fingerprint density at radius 1 is 1.41 bits per heavy atom. The van der Waals surface area contributed by atoms with Gasteiger partial charge in [-0.2, -0.15) is 0 Å². The van der Waals surface area contributed by atoms with Crippen LogP contribution in [0.5, 0.6) is 0 Å². The number of likely N-dealkylation sites (tertiary alicyclic amines) is 1. The Kier molecular flexibility index (Phi) is 4.30. The molecular weight excluding hydrogens is 228 g/mol. The summed E-state index contributed by atoms with van der Waals surface area (Å²) in [5, 5.41) is 11.3. The van der Waals surface area contributed by atoms with Crippen LogP contribution in [0.4, 0.5) is 4.79 Å². The van der Waals surface area contributed by atoms with E-state index in [1.807, 2.05) is 0 Å². The zero-order valence-corrected chi connectivity index (χ0v) is 9.80. The van der Waals surface area contributed by atoms with Crippen LogP contribution in [0.1, 0.15) is 6.92 Å². The van der Waals surface area contributed by atoms with Crippen LogP contribution in [0.15, 0.2) is 0 Å². The van der Waals surface area contributed by atoms with E-state index in [-0.39, 0.29) is 19.0 Å². The molecule has 2 amide bonds. The van der Waals surface area contributed by atoms with E-state index in [0.717, 1.165) is 0 Å². The highest BCUT2D eigenvalue weighted by atomic mass is 16.5. The summed E-state index contributed by atoms with van der Waals surface area (Å²) >= 11 is 0. The normalized spacial score (nSPS) is 23.3. The van der Waals surface area contributed by atoms with Gasteiger partial charge in [0.15, 0.2) is 0 Å². The monoisotopic (exact) mass is 244 g/mol.